The topological polar surface area (TPSA) is 55.2 Å². The molecule has 0 saturated carbocycles. The van der Waals surface area contributed by atoms with Crippen molar-refractivity contribution in [1.82, 2.24) is 14.5 Å². The Morgan fingerprint density at radius 2 is 1.93 bits per heavy atom. The monoisotopic (exact) mass is 439 g/mol. The van der Waals surface area contributed by atoms with E-state index in [1.165, 1.54) is 23.1 Å². The highest BCUT2D eigenvalue weighted by atomic mass is 32.2. The van der Waals surface area contributed by atoms with Crippen LogP contribution in [0, 0.1) is 0 Å². The van der Waals surface area contributed by atoms with Crippen LogP contribution in [-0.4, -0.2) is 39.2 Å². The van der Waals surface area contributed by atoms with Crippen molar-refractivity contribution in [2.45, 2.75) is 16.8 Å². The summed E-state index contributed by atoms with van der Waals surface area (Å²) in [6, 6.07) is 13.5. The maximum absolute atomic E-state index is 13.7. The van der Waals surface area contributed by atoms with Crippen LogP contribution in [0.2, 0.25) is 0 Å². The molecule has 1 fully saturated rings. The molecule has 1 aliphatic rings. The number of amides is 1. The van der Waals surface area contributed by atoms with E-state index in [1.54, 1.807) is 20.8 Å². The van der Waals surface area contributed by atoms with Gasteiger partial charge in [0.1, 0.15) is 4.83 Å². The number of para-hydroxylation sites is 1. The first-order chi connectivity index (χ1) is 14.1. The minimum Gasteiger partial charge on any atom is -0.345 e. The number of fused-ring (bicyclic) bond motifs is 1. The van der Waals surface area contributed by atoms with Gasteiger partial charge in [-0.1, -0.05) is 36.0 Å². The van der Waals surface area contributed by atoms with Crippen LogP contribution in [0.25, 0.3) is 26.3 Å². The van der Waals surface area contributed by atoms with Crippen molar-refractivity contribution < 1.29 is 4.79 Å². The molecule has 3 aromatic heterocycles. The molecule has 1 saturated heterocycles. The zero-order valence-electron chi connectivity index (χ0n) is 15.6. The Labute approximate surface area is 179 Å². The highest BCUT2D eigenvalue weighted by Gasteiger charge is 2.32. The minimum atomic E-state index is -0.212. The van der Waals surface area contributed by atoms with Crippen LogP contribution >= 0.6 is 34.4 Å². The van der Waals surface area contributed by atoms with Crippen molar-refractivity contribution in [1.29, 1.82) is 0 Å². The highest BCUT2D eigenvalue weighted by Crippen LogP contribution is 2.36. The summed E-state index contributed by atoms with van der Waals surface area (Å²) >= 11 is 4.48. The van der Waals surface area contributed by atoms with E-state index in [4.69, 9.17) is 4.98 Å². The van der Waals surface area contributed by atoms with Gasteiger partial charge in [-0.15, -0.1) is 22.7 Å². The number of thiophene rings is 2. The van der Waals surface area contributed by atoms with Gasteiger partial charge < -0.3 is 4.90 Å². The van der Waals surface area contributed by atoms with Gasteiger partial charge in [0.15, 0.2) is 5.16 Å². The normalized spacial score (nSPS) is 16.8. The second-order valence-electron chi connectivity index (χ2n) is 6.83. The van der Waals surface area contributed by atoms with E-state index < -0.39 is 0 Å². The van der Waals surface area contributed by atoms with Crippen molar-refractivity contribution >= 4 is 50.6 Å². The van der Waals surface area contributed by atoms with E-state index >= 15 is 0 Å². The van der Waals surface area contributed by atoms with Crippen molar-refractivity contribution in [2.24, 2.45) is 0 Å². The van der Waals surface area contributed by atoms with Gasteiger partial charge in [0.2, 0.25) is 5.91 Å². The standard InChI is InChI=1S/C21H17N3O2S3/c1-23-10-9-16(19(23)25)29-21-22-18-17(14(12-28-18)15-8-5-11-27-15)20(26)24(21)13-6-3-2-4-7-13/h2-8,11-12,16H,9-10H2,1H3. The lowest BCUT2D eigenvalue weighted by atomic mass is 10.2. The molecule has 4 aromatic rings. The number of rotatable bonds is 4. The fraction of sp³-hybridized carbons (Fsp3) is 0.190. The number of benzene rings is 1. The summed E-state index contributed by atoms with van der Waals surface area (Å²) < 4.78 is 1.66. The molecule has 5 nitrogen and oxygen atoms in total. The summed E-state index contributed by atoms with van der Waals surface area (Å²) in [5.74, 6) is 0.0920. The van der Waals surface area contributed by atoms with Gasteiger partial charge in [0, 0.05) is 29.4 Å². The minimum absolute atomic E-state index is 0.0906. The molecule has 1 amide bonds. The molecule has 0 bridgehead atoms. The molecule has 1 atom stereocenters. The van der Waals surface area contributed by atoms with Crippen LogP contribution in [-0.2, 0) is 4.79 Å². The second-order valence-corrected chi connectivity index (χ2v) is 9.81. The fourth-order valence-electron chi connectivity index (χ4n) is 3.50. The van der Waals surface area contributed by atoms with Crippen LogP contribution in [0.4, 0.5) is 0 Å². The number of hydrogen-bond acceptors (Lipinski definition) is 6. The Morgan fingerprint density at radius 1 is 1.10 bits per heavy atom. The van der Waals surface area contributed by atoms with Crippen molar-refractivity contribution in [3.63, 3.8) is 0 Å². The van der Waals surface area contributed by atoms with Crippen LogP contribution < -0.4 is 5.56 Å². The first-order valence-electron chi connectivity index (χ1n) is 9.18. The molecule has 8 heteroatoms. The van der Waals surface area contributed by atoms with E-state index in [-0.39, 0.29) is 16.7 Å². The molecule has 0 N–H and O–H groups in total. The van der Waals surface area contributed by atoms with Crippen LogP contribution in [0.15, 0.2) is 63.2 Å². The Balaban J connectivity index is 1.72. The summed E-state index contributed by atoms with van der Waals surface area (Å²) in [7, 11) is 1.82. The molecule has 5 rings (SSSR count). The first-order valence-corrected chi connectivity index (χ1v) is 11.8. The maximum Gasteiger partial charge on any atom is 0.268 e. The second kappa shape index (κ2) is 7.44. The molecular formula is C21H17N3O2S3. The zero-order valence-corrected chi connectivity index (χ0v) is 18.0. The van der Waals surface area contributed by atoms with E-state index in [9.17, 15) is 9.59 Å². The Kier molecular flexibility index (Phi) is 4.77. The molecular weight excluding hydrogens is 422 g/mol. The summed E-state index contributed by atoms with van der Waals surface area (Å²) in [5, 5.41) is 5.01. The zero-order chi connectivity index (χ0) is 20.0. The Bertz CT molecular complexity index is 1250. The first kappa shape index (κ1) is 18.6. The summed E-state index contributed by atoms with van der Waals surface area (Å²) in [6.07, 6.45) is 0.758. The quantitative estimate of drug-likeness (QED) is 0.440. The third-order valence-electron chi connectivity index (χ3n) is 5.00. The van der Waals surface area contributed by atoms with Gasteiger partial charge in [-0.3, -0.25) is 14.2 Å². The van der Waals surface area contributed by atoms with Crippen molar-refractivity contribution in [3.8, 4) is 16.1 Å². The van der Waals surface area contributed by atoms with Crippen LogP contribution in [0.1, 0.15) is 6.42 Å². The molecule has 0 spiro atoms. The SMILES string of the molecule is CN1CCC(Sc2nc3scc(-c4cccs4)c3c(=O)n2-c2ccccc2)C1=O. The lowest BCUT2D eigenvalue weighted by Gasteiger charge is -2.15. The van der Waals surface area contributed by atoms with Gasteiger partial charge in [0.25, 0.3) is 5.56 Å². The third kappa shape index (κ3) is 3.21. The van der Waals surface area contributed by atoms with Gasteiger partial charge >= 0.3 is 0 Å². The van der Waals surface area contributed by atoms with E-state index in [0.717, 1.165) is 29.1 Å². The predicted molar refractivity (Wildman–Crippen MR) is 120 cm³/mol. The number of likely N-dealkylation sites (tertiary alicyclic amines) is 1. The van der Waals surface area contributed by atoms with E-state index in [2.05, 4.69) is 0 Å². The fourth-order valence-corrected chi connectivity index (χ4v) is 6.50. The smallest absolute Gasteiger partial charge is 0.268 e. The highest BCUT2D eigenvalue weighted by molar-refractivity contribution is 8.00. The predicted octanol–water partition coefficient (Wildman–Crippen LogP) is 4.50. The molecule has 4 heterocycles. The number of carbonyl (C=O) groups excluding carboxylic acids is 1. The summed E-state index contributed by atoms with van der Waals surface area (Å²) in [4.78, 5) is 34.5. The van der Waals surface area contributed by atoms with Crippen molar-refractivity contribution in [3.05, 3.63) is 63.6 Å². The summed E-state index contributed by atoms with van der Waals surface area (Å²) in [5.41, 5.74) is 1.60. The number of nitrogens with zero attached hydrogens (tertiary/aromatic N) is 3. The molecule has 1 aliphatic heterocycles. The maximum atomic E-state index is 13.7. The molecule has 29 heavy (non-hydrogen) atoms. The van der Waals surface area contributed by atoms with Crippen LogP contribution in [0.3, 0.4) is 0 Å². The molecule has 0 radical (unpaired) electrons. The number of carbonyl (C=O) groups is 1. The number of thioether (sulfide) groups is 1. The largest absolute Gasteiger partial charge is 0.345 e. The van der Waals surface area contributed by atoms with E-state index in [1.807, 2.05) is 60.3 Å². The molecule has 0 aliphatic carbocycles. The van der Waals surface area contributed by atoms with Crippen molar-refractivity contribution in [2.75, 3.05) is 13.6 Å². The average Bonchev–Trinajstić information content (AvgIpc) is 3.46. The van der Waals surface area contributed by atoms with Gasteiger partial charge in [-0.05, 0) is 30.0 Å². The number of hydrogen-bond donors (Lipinski definition) is 0. The van der Waals surface area contributed by atoms with Gasteiger partial charge in [0.05, 0.1) is 16.3 Å². The lowest BCUT2D eigenvalue weighted by molar-refractivity contribution is -0.126. The lowest BCUT2D eigenvalue weighted by Crippen LogP contribution is -2.26. The Morgan fingerprint density at radius 3 is 2.62 bits per heavy atom. The van der Waals surface area contributed by atoms with Gasteiger partial charge in [-0.25, -0.2) is 4.98 Å². The van der Waals surface area contributed by atoms with E-state index in [0.29, 0.717) is 15.4 Å². The Hall–Kier alpha value is -2.42. The van der Waals surface area contributed by atoms with Crippen LogP contribution in [0.5, 0.6) is 0 Å². The average molecular weight is 440 g/mol. The third-order valence-corrected chi connectivity index (χ3v) is 7.99. The number of aromatic nitrogens is 2. The summed E-state index contributed by atoms with van der Waals surface area (Å²) in [6.45, 7) is 0.732. The molecule has 146 valence electrons. The molecule has 1 unspecified atom stereocenters. The van der Waals surface area contributed by atoms with Gasteiger partial charge in [-0.2, -0.15) is 0 Å². The molecule has 1 aromatic carbocycles.